The first-order valence-electron chi connectivity index (χ1n) is 9.07. The molecule has 2 aromatic heterocycles. The van der Waals surface area contributed by atoms with E-state index < -0.39 is 0 Å². The standard InChI is InChI=1S/C20H21FN4S/c1-11-19(24-20(26-11)12-5-6-12)25-8-7-16-13(10-25)9-17(23-16)18-14(21)3-2-4-15(18)22/h2-4,9,12,23H,5-8,10,22H2,1H3. The highest BCUT2D eigenvalue weighted by Gasteiger charge is 2.30. The number of nitrogens with two attached hydrogens (primary N) is 1. The summed E-state index contributed by atoms with van der Waals surface area (Å²) >= 11 is 1.84. The lowest BCUT2D eigenvalue weighted by atomic mass is 10.1. The zero-order valence-electron chi connectivity index (χ0n) is 14.7. The number of hydrogen-bond acceptors (Lipinski definition) is 4. The number of anilines is 2. The Labute approximate surface area is 155 Å². The number of H-pyrrole nitrogens is 1. The van der Waals surface area contributed by atoms with Crippen LogP contribution >= 0.6 is 11.3 Å². The van der Waals surface area contributed by atoms with Gasteiger partial charge < -0.3 is 15.6 Å². The molecule has 26 heavy (non-hydrogen) atoms. The number of hydrogen-bond donors (Lipinski definition) is 2. The number of nitrogens with zero attached hydrogens (tertiary/aromatic N) is 2. The molecule has 1 fully saturated rings. The Bertz CT molecular complexity index is 966. The van der Waals surface area contributed by atoms with Gasteiger partial charge in [0.25, 0.3) is 0 Å². The molecule has 1 aromatic carbocycles. The second-order valence-electron chi connectivity index (χ2n) is 7.27. The van der Waals surface area contributed by atoms with E-state index in [9.17, 15) is 4.39 Å². The fourth-order valence-electron chi connectivity index (χ4n) is 3.78. The maximum absolute atomic E-state index is 14.3. The first-order valence-corrected chi connectivity index (χ1v) is 9.89. The molecule has 0 unspecified atom stereocenters. The molecule has 0 spiro atoms. The topological polar surface area (TPSA) is 57.9 Å². The third-order valence-corrected chi connectivity index (χ3v) is 6.44. The van der Waals surface area contributed by atoms with Crippen molar-refractivity contribution in [2.75, 3.05) is 17.2 Å². The van der Waals surface area contributed by atoms with Crippen LogP contribution in [0.5, 0.6) is 0 Å². The normalized spacial score (nSPS) is 16.8. The third-order valence-electron chi connectivity index (χ3n) is 5.31. The zero-order chi connectivity index (χ0) is 17.8. The third kappa shape index (κ3) is 2.60. The van der Waals surface area contributed by atoms with E-state index in [-0.39, 0.29) is 5.82 Å². The highest BCUT2D eigenvalue weighted by atomic mass is 32.1. The maximum atomic E-state index is 14.3. The molecule has 2 aliphatic rings. The van der Waals surface area contributed by atoms with Gasteiger partial charge in [-0.3, -0.25) is 0 Å². The Morgan fingerprint density at radius 2 is 2.19 bits per heavy atom. The molecule has 1 aliphatic carbocycles. The minimum Gasteiger partial charge on any atom is -0.398 e. The summed E-state index contributed by atoms with van der Waals surface area (Å²) in [6, 6.07) is 6.87. The van der Waals surface area contributed by atoms with E-state index in [1.165, 1.54) is 40.1 Å². The van der Waals surface area contributed by atoms with Gasteiger partial charge in [-0.2, -0.15) is 0 Å². The molecular formula is C20H21FN4S. The number of nitrogen functional groups attached to an aromatic ring is 1. The van der Waals surface area contributed by atoms with E-state index in [0.29, 0.717) is 17.2 Å². The van der Waals surface area contributed by atoms with Crippen molar-refractivity contribution < 1.29 is 4.39 Å². The van der Waals surface area contributed by atoms with Crippen LogP contribution in [0.1, 0.15) is 39.9 Å². The van der Waals surface area contributed by atoms with Crippen molar-refractivity contribution in [3.63, 3.8) is 0 Å². The van der Waals surface area contributed by atoms with Crippen molar-refractivity contribution in [2.45, 2.75) is 38.6 Å². The summed E-state index contributed by atoms with van der Waals surface area (Å²) in [5.41, 5.74) is 10.1. The molecule has 0 atom stereocenters. The highest BCUT2D eigenvalue weighted by molar-refractivity contribution is 7.12. The fraction of sp³-hybridized carbons (Fsp3) is 0.350. The van der Waals surface area contributed by atoms with Crippen LogP contribution in [0, 0.1) is 12.7 Å². The van der Waals surface area contributed by atoms with Gasteiger partial charge in [0.2, 0.25) is 0 Å². The summed E-state index contributed by atoms with van der Waals surface area (Å²) in [7, 11) is 0. The summed E-state index contributed by atoms with van der Waals surface area (Å²) in [6.07, 6.45) is 3.46. The van der Waals surface area contributed by atoms with Crippen LogP contribution in [0.2, 0.25) is 0 Å². The number of benzene rings is 1. The predicted molar refractivity (Wildman–Crippen MR) is 104 cm³/mol. The second-order valence-corrected chi connectivity index (χ2v) is 8.50. The minimum absolute atomic E-state index is 0.287. The van der Waals surface area contributed by atoms with Crippen LogP contribution in [0.4, 0.5) is 15.9 Å². The van der Waals surface area contributed by atoms with E-state index in [4.69, 9.17) is 10.7 Å². The van der Waals surface area contributed by atoms with Gasteiger partial charge in [0, 0.05) is 41.7 Å². The van der Waals surface area contributed by atoms with E-state index in [1.54, 1.807) is 12.1 Å². The first kappa shape index (κ1) is 15.9. The van der Waals surface area contributed by atoms with E-state index in [1.807, 2.05) is 17.4 Å². The predicted octanol–water partition coefficient (Wildman–Crippen LogP) is 4.61. The number of fused-ring (bicyclic) bond motifs is 1. The number of nitrogens with one attached hydrogen (secondary N) is 1. The monoisotopic (exact) mass is 368 g/mol. The van der Waals surface area contributed by atoms with Gasteiger partial charge in [-0.1, -0.05) is 6.07 Å². The maximum Gasteiger partial charge on any atom is 0.143 e. The molecular weight excluding hydrogens is 347 g/mol. The van der Waals surface area contributed by atoms with Crippen LogP contribution < -0.4 is 10.6 Å². The van der Waals surface area contributed by atoms with Crippen LogP contribution in [0.25, 0.3) is 11.3 Å². The van der Waals surface area contributed by atoms with Gasteiger partial charge in [-0.25, -0.2) is 9.37 Å². The number of aromatic amines is 1. The van der Waals surface area contributed by atoms with Crippen LogP contribution in [0.3, 0.4) is 0 Å². The SMILES string of the molecule is Cc1sc(C2CC2)nc1N1CCc2[nH]c(-c3c(N)cccc3F)cc2C1. The molecule has 6 heteroatoms. The van der Waals surface area contributed by atoms with Gasteiger partial charge >= 0.3 is 0 Å². The Balaban J connectivity index is 1.46. The lowest BCUT2D eigenvalue weighted by molar-refractivity contribution is 0.631. The highest BCUT2D eigenvalue weighted by Crippen LogP contribution is 2.44. The molecule has 5 rings (SSSR count). The van der Waals surface area contributed by atoms with Gasteiger partial charge in [-0.05, 0) is 43.5 Å². The number of thiazole rings is 1. The first-order chi connectivity index (χ1) is 12.6. The molecule has 4 nitrogen and oxygen atoms in total. The number of aromatic nitrogens is 2. The van der Waals surface area contributed by atoms with Gasteiger partial charge in [0.05, 0.1) is 16.3 Å². The Morgan fingerprint density at radius 1 is 1.35 bits per heavy atom. The van der Waals surface area contributed by atoms with E-state index in [0.717, 1.165) is 31.0 Å². The van der Waals surface area contributed by atoms with Crippen molar-refractivity contribution in [1.29, 1.82) is 0 Å². The van der Waals surface area contributed by atoms with Crippen molar-refractivity contribution >= 4 is 22.8 Å². The van der Waals surface area contributed by atoms with E-state index >= 15 is 0 Å². The fourth-order valence-corrected chi connectivity index (χ4v) is 4.90. The van der Waals surface area contributed by atoms with Crippen LogP contribution in [0.15, 0.2) is 24.3 Å². The summed E-state index contributed by atoms with van der Waals surface area (Å²) in [4.78, 5) is 11.9. The van der Waals surface area contributed by atoms with Crippen molar-refractivity contribution in [3.05, 3.63) is 51.2 Å². The summed E-state index contributed by atoms with van der Waals surface area (Å²) < 4.78 is 14.3. The van der Waals surface area contributed by atoms with Crippen molar-refractivity contribution in [2.24, 2.45) is 0 Å². The second kappa shape index (κ2) is 5.84. The number of halogens is 1. The summed E-state index contributed by atoms with van der Waals surface area (Å²) in [5.74, 6) is 1.52. The molecule has 3 N–H and O–H groups in total. The minimum atomic E-state index is -0.287. The number of aryl methyl sites for hydroxylation is 1. The smallest absolute Gasteiger partial charge is 0.143 e. The average molecular weight is 368 g/mol. The molecule has 0 bridgehead atoms. The van der Waals surface area contributed by atoms with Gasteiger partial charge in [0.1, 0.15) is 11.6 Å². The molecule has 134 valence electrons. The molecule has 3 heterocycles. The summed E-state index contributed by atoms with van der Waals surface area (Å²) in [6.45, 7) is 3.89. The molecule has 0 radical (unpaired) electrons. The molecule has 1 saturated carbocycles. The summed E-state index contributed by atoms with van der Waals surface area (Å²) in [5, 5.41) is 1.29. The largest absolute Gasteiger partial charge is 0.398 e. The molecule has 3 aromatic rings. The Morgan fingerprint density at radius 3 is 2.96 bits per heavy atom. The molecule has 1 aliphatic heterocycles. The average Bonchev–Trinajstić information content (AvgIpc) is 3.26. The zero-order valence-corrected chi connectivity index (χ0v) is 15.5. The Hall–Kier alpha value is -2.34. The van der Waals surface area contributed by atoms with Gasteiger partial charge in [0.15, 0.2) is 0 Å². The lowest BCUT2D eigenvalue weighted by Crippen LogP contribution is -2.30. The van der Waals surface area contributed by atoms with Crippen LogP contribution in [-0.2, 0) is 13.0 Å². The molecule has 0 saturated heterocycles. The van der Waals surface area contributed by atoms with Crippen molar-refractivity contribution in [1.82, 2.24) is 9.97 Å². The van der Waals surface area contributed by atoms with Gasteiger partial charge in [-0.15, -0.1) is 11.3 Å². The molecule has 0 amide bonds. The quantitative estimate of drug-likeness (QED) is 0.664. The van der Waals surface area contributed by atoms with Crippen molar-refractivity contribution in [3.8, 4) is 11.3 Å². The Kier molecular flexibility index (Phi) is 3.57. The van der Waals surface area contributed by atoms with E-state index in [2.05, 4.69) is 16.8 Å². The van der Waals surface area contributed by atoms with Crippen LogP contribution in [-0.4, -0.2) is 16.5 Å². The number of rotatable bonds is 3. The lowest BCUT2D eigenvalue weighted by Gasteiger charge is -2.27.